The van der Waals surface area contributed by atoms with Gasteiger partial charge in [-0.2, -0.15) is 0 Å². The van der Waals surface area contributed by atoms with Gasteiger partial charge >= 0.3 is 35.8 Å². The molecule has 722 valence electrons. The van der Waals surface area contributed by atoms with Crippen molar-refractivity contribution in [1.82, 2.24) is 29.9 Å². The maximum absolute atomic E-state index is 12.2. The Morgan fingerprint density at radius 3 is 0.883 bits per heavy atom. The van der Waals surface area contributed by atoms with Crippen molar-refractivity contribution in [2.75, 3.05) is 85.7 Å². The van der Waals surface area contributed by atoms with Crippen LogP contribution >= 0.6 is 0 Å². The maximum atomic E-state index is 12.2. The largest absolute Gasteiger partial charge is 0.506 e. The number of aromatic hydroxyl groups is 2. The van der Waals surface area contributed by atoms with Crippen molar-refractivity contribution < 1.29 is 103 Å². The number of piperidine rings is 1. The lowest BCUT2D eigenvalue weighted by atomic mass is 9.97. The number of hydrogen-bond acceptors (Lipinski definition) is 23. The van der Waals surface area contributed by atoms with Crippen LogP contribution in [0.3, 0.4) is 0 Å². The SMILES string of the molecule is CCc1c(-c2ccc(OC)cc2C)[nH]c(=O)c(C(=O)O)c1O.CCc1c(-c2ccc(OC)cc2OC)[nH]c(=O)c(C(=O)O)c1O.CCc1cc(C(=O)O)c(=O)[nH]c1-c1ccc(OC)cc1C.CCc1cc(C(=O)O)c(=O)[nH]c1-c1ccc(OC)cc1N1CCCC1.CCc1cc(C(=O)O)c(=O)[nH]c1-c1ccc(OC)cc1OC.CCc1cc(C(=O)O)c(=O)[nH]c1-c1ccccc1N1CCCCC1. The molecule has 2 fully saturated rings. The summed E-state index contributed by atoms with van der Waals surface area (Å²) >= 11 is 0. The summed E-state index contributed by atoms with van der Waals surface area (Å²) in [7, 11) is 10.8. The number of nitrogens with zero attached hydrogens (tertiary/aromatic N) is 2. The van der Waals surface area contributed by atoms with Crippen molar-refractivity contribution in [3.8, 4) is 119 Å². The minimum absolute atomic E-state index is 0.203. The van der Waals surface area contributed by atoms with Gasteiger partial charge in [0.1, 0.15) is 74.0 Å². The highest BCUT2D eigenvalue weighted by atomic mass is 16.5. The van der Waals surface area contributed by atoms with Gasteiger partial charge in [0.2, 0.25) is 0 Å². The zero-order chi connectivity index (χ0) is 101. The van der Waals surface area contributed by atoms with Crippen LogP contribution < -0.4 is 76.3 Å². The zero-order valence-electron chi connectivity index (χ0n) is 78.6. The van der Waals surface area contributed by atoms with Gasteiger partial charge in [0.25, 0.3) is 33.4 Å². The van der Waals surface area contributed by atoms with Gasteiger partial charge in [-0.15, -0.1) is 0 Å². The molecule has 8 heterocycles. The smallest absolute Gasteiger partial charge is 0.345 e. The number of rotatable bonds is 27. The highest BCUT2D eigenvalue weighted by Gasteiger charge is 2.29. The quantitative estimate of drug-likeness (QED) is 0.0227. The summed E-state index contributed by atoms with van der Waals surface area (Å²) < 4.78 is 36.6. The van der Waals surface area contributed by atoms with Gasteiger partial charge in [-0.3, -0.25) is 28.8 Å². The van der Waals surface area contributed by atoms with E-state index in [0.717, 1.165) is 118 Å². The zero-order valence-corrected chi connectivity index (χ0v) is 78.6. The molecule has 0 atom stereocenters. The molecule has 2 aliphatic rings. The molecule has 14 N–H and O–H groups in total. The third-order valence-corrected chi connectivity index (χ3v) is 23.2. The summed E-state index contributed by atoms with van der Waals surface area (Å²) in [6, 6.07) is 40.7. The van der Waals surface area contributed by atoms with Crippen molar-refractivity contribution >= 4 is 47.2 Å². The number of carboxylic acids is 6. The van der Waals surface area contributed by atoms with Crippen LogP contribution in [0.5, 0.6) is 51.7 Å². The minimum atomic E-state index is -1.48. The lowest BCUT2D eigenvalue weighted by molar-refractivity contribution is 0.0680. The summed E-state index contributed by atoms with van der Waals surface area (Å²) in [5.74, 6) is -4.49. The number of H-pyrrole nitrogens is 6. The number of aromatic carboxylic acids is 6. The summed E-state index contributed by atoms with van der Waals surface area (Å²) in [6.07, 6.45) is 9.03. The van der Waals surface area contributed by atoms with Crippen molar-refractivity contribution in [3.05, 3.63) is 280 Å². The number of aromatic amines is 6. The third-order valence-electron chi connectivity index (χ3n) is 23.2. The molecule has 6 aromatic heterocycles. The van der Waals surface area contributed by atoms with Crippen LogP contribution in [-0.4, -0.2) is 183 Å². The van der Waals surface area contributed by atoms with Gasteiger partial charge in [0.15, 0.2) is 11.1 Å². The lowest BCUT2D eigenvalue weighted by Crippen LogP contribution is -2.30. The van der Waals surface area contributed by atoms with Crippen molar-refractivity contribution in [2.24, 2.45) is 0 Å². The molecule has 2 saturated heterocycles. The molecule has 137 heavy (non-hydrogen) atoms. The monoisotopic (exact) mass is 1880 g/mol. The fraction of sp³-hybridized carbons (Fsp3) is 0.294. The van der Waals surface area contributed by atoms with E-state index in [-0.39, 0.29) is 22.3 Å². The molecule has 0 radical (unpaired) electrons. The fourth-order valence-corrected chi connectivity index (χ4v) is 16.1. The van der Waals surface area contributed by atoms with Gasteiger partial charge in [-0.05, 0) is 221 Å². The molecule has 12 aromatic rings. The normalized spacial score (nSPS) is 11.8. The molecule has 6 aromatic carbocycles. The van der Waals surface area contributed by atoms with E-state index in [9.17, 15) is 78.0 Å². The molecule has 35 heteroatoms. The number of carboxylic acid groups (broad SMARTS) is 6. The van der Waals surface area contributed by atoms with Crippen LogP contribution in [-0.2, 0) is 38.5 Å². The average Bonchev–Trinajstić information content (AvgIpc) is 1.61. The second-order valence-corrected chi connectivity index (χ2v) is 31.3. The molecular formula is C102H112N8O27. The number of para-hydroxylation sites is 1. The molecule has 2 aliphatic heterocycles. The number of ether oxygens (including phenoxy) is 7. The molecule has 14 rings (SSSR count). The predicted octanol–water partition coefficient (Wildman–Crippen LogP) is 15.5. The van der Waals surface area contributed by atoms with Crippen LogP contribution in [0.1, 0.15) is 180 Å². The van der Waals surface area contributed by atoms with E-state index in [2.05, 4.69) is 45.8 Å². The number of methoxy groups -OCH3 is 7. The Morgan fingerprint density at radius 2 is 0.562 bits per heavy atom. The van der Waals surface area contributed by atoms with Gasteiger partial charge in [0, 0.05) is 100 Å². The van der Waals surface area contributed by atoms with Crippen LogP contribution in [0, 0.1) is 13.8 Å². The lowest BCUT2D eigenvalue weighted by Gasteiger charge is -2.31. The van der Waals surface area contributed by atoms with Crippen molar-refractivity contribution in [1.29, 1.82) is 0 Å². The Bertz CT molecular complexity index is 6870. The topological polar surface area (TPSA) is 533 Å². The minimum Gasteiger partial charge on any atom is -0.506 e. The number of benzene rings is 6. The van der Waals surface area contributed by atoms with E-state index in [4.69, 9.17) is 53.6 Å². The van der Waals surface area contributed by atoms with Gasteiger partial charge in [-0.1, -0.05) is 59.7 Å². The van der Waals surface area contributed by atoms with Crippen molar-refractivity contribution in [3.63, 3.8) is 0 Å². The molecule has 0 unspecified atom stereocenters. The Balaban J connectivity index is 0.000000184. The average molecular weight is 1880 g/mol. The molecule has 0 spiro atoms. The van der Waals surface area contributed by atoms with Gasteiger partial charge < -0.3 is 114 Å². The summed E-state index contributed by atoms with van der Waals surface area (Å²) in [5, 5.41) is 74.9. The second-order valence-electron chi connectivity index (χ2n) is 31.3. The van der Waals surface area contributed by atoms with E-state index < -0.39 is 91.8 Å². The number of aromatic nitrogens is 6. The van der Waals surface area contributed by atoms with Gasteiger partial charge in [-0.25, -0.2) is 28.8 Å². The van der Waals surface area contributed by atoms with Crippen LogP contribution in [0.25, 0.3) is 67.5 Å². The summed E-state index contributed by atoms with van der Waals surface area (Å²) in [5.41, 5.74) is 9.48. The predicted molar refractivity (Wildman–Crippen MR) is 519 cm³/mol. The Labute approximate surface area is 786 Å². The molecule has 35 nitrogen and oxygen atoms in total. The number of anilines is 2. The second kappa shape index (κ2) is 47.8. The first-order valence-electron chi connectivity index (χ1n) is 43.9. The fourth-order valence-electron chi connectivity index (χ4n) is 16.1. The Kier molecular flexibility index (Phi) is 36.4. The van der Waals surface area contributed by atoms with E-state index >= 15 is 0 Å². The highest BCUT2D eigenvalue weighted by molar-refractivity contribution is 5.95. The molecule has 0 bridgehead atoms. The number of aryl methyl sites for hydroxylation is 6. The number of nitrogens with one attached hydrogen (secondary N) is 6. The standard InChI is InChI=1S/C19H22N2O4.C19H22N2O3.C16H17NO6.2C16H17NO5.C16H17NO4/c1-3-12-10-15(19(23)24)18(22)20-17(12)14-7-6-13(25-2)11-16(14)21-8-4-5-9-21;1-2-13-12-15(19(23)24)18(22)20-17(13)14-8-4-5-9-16(14)21-10-6-3-7-11-21;1-4-9-13(17-15(19)12(14(9)18)16(20)21)10-6-5-8(22-2)7-11(10)23-3;1-4-9-7-12(16(19)20)15(18)17-14(9)11-6-5-10(21-2)8-13(11)22-3;1-4-10-13(11-6-5-9(22-3)7-8(11)2)17-15(19)12(14(10)18)16(20)21;1-4-10-8-13(16(19)20)15(18)17-14(10)12-6-5-11(21-3)7-9(12)2/h6-7,10-11H,3-5,8-9H2,1-2H3,(H,20,22)(H,23,24);4-5,8-9,12H,2-3,6-7,10-11H2,1H3,(H,20,22)(H,23,24);5-7H,4H2,1-3H3,(H,20,21)(H2,17,18,19);5-8H,4H2,1-3H3,(H,17,18)(H,19,20);5-7H,4H2,1-3H3,(H,20,21)(H2,17,18,19);5-8H,4H2,1-3H3,(H,17,18)(H,19,20). The number of carbonyl (C=O) groups is 6. The third kappa shape index (κ3) is 24.4. The first-order chi connectivity index (χ1) is 65.5. The van der Waals surface area contributed by atoms with Crippen LogP contribution in [0.15, 0.2) is 168 Å². The maximum Gasteiger partial charge on any atom is 0.345 e. The van der Waals surface area contributed by atoms with Crippen LogP contribution in [0.4, 0.5) is 11.4 Å². The number of pyridine rings is 6. The molecule has 0 aliphatic carbocycles. The molecule has 0 saturated carbocycles. The molecule has 0 amide bonds. The van der Waals surface area contributed by atoms with Gasteiger partial charge in [0.05, 0.1) is 83.9 Å². The van der Waals surface area contributed by atoms with Crippen molar-refractivity contribution in [2.45, 2.75) is 126 Å². The van der Waals surface area contributed by atoms with E-state index in [1.165, 1.54) is 64.9 Å². The van der Waals surface area contributed by atoms with E-state index in [1.54, 1.807) is 96.9 Å². The number of hydrogen-bond donors (Lipinski definition) is 14. The Morgan fingerprint density at radius 1 is 0.292 bits per heavy atom. The first-order valence-corrected chi connectivity index (χ1v) is 43.9. The Hall–Kier alpha value is -16.4. The first kappa shape index (κ1) is 104. The molecular weight excluding hydrogens is 1770 g/mol. The van der Waals surface area contributed by atoms with Crippen LogP contribution in [0.2, 0.25) is 0 Å². The summed E-state index contributed by atoms with van der Waals surface area (Å²) in [4.78, 5) is 160. The highest BCUT2D eigenvalue weighted by Crippen LogP contribution is 2.42. The summed E-state index contributed by atoms with van der Waals surface area (Å²) in [6.45, 7) is 18.9. The van der Waals surface area contributed by atoms with E-state index in [1.807, 2.05) is 96.1 Å². The van der Waals surface area contributed by atoms with E-state index in [0.29, 0.717) is 124 Å².